The highest BCUT2D eigenvalue weighted by atomic mass is 35.5. The largest absolute Gasteiger partial charge is 0.341 e. The summed E-state index contributed by atoms with van der Waals surface area (Å²) < 4.78 is 0. The summed E-state index contributed by atoms with van der Waals surface area (Å²) in [5, 5.41) is 0. The number of carbonyl (C=O) groups excluding carboxylic acids is 2. The zero-order chi connectivity index (χ0) is 15.2. The van der Waals surface area contributed by atoms with E-state index in [0.29, 0.717) is 12.3 Å². The molecular weight excluding hydrogens is 322 g/mol. The number of carbonyl (C=O) groups is 2. The minimum atomic E-state index is -0.248. The lowest BCUT2D eigenvalue weighted by atomic mass is 9.90. The average Bonchev–Trinajstić information content (AvgIpc) is 2.95. The van der Waals surface area contributed by atoms with Gasteiger partial charge in [0.05, 0.1) is 4.87 Å². The SMILES string of the molecule is CC(N)C1CCN(C(=O)C2CSC3(C)CCC(=O)N23)CC1.Cl. The van der Waals surface area contributed by atoms with Crippen molar-refractivity contribution in [2.45, 2.75) is 56.5 Å². The number of thioether (sulfide) groups is 1. The number of halogens is 1. The van der Waals surface area contributed by atoms with Gasteiger partial charge < -0.3 is 15.5 Å². The van der Waals surface area contributed by atoms with Crippen LogP contribution in [0.2, 0.25) is 0 Å². The first kappa shape index (κ1) is 17.9. The van der Waals surface area contributed by atoms with Crippen molar-refractivity contribution in [2.75, 3.05) is 18.8 Å². The molecule has 2 amide bonds. The molecule has 5 nitrogen and oxygen atoms in total. The van der Waals surface area contributed by atoms with Gasteiger partial charge >= 0.3 is 0 Å². The van der Waals surface area contributed by atoms with Gasteiger partial charge in [0.2, 0.25) is 11.8 Å². The number of nitrogens with zero attached hydrogens (tertiary/aromatic N) is 2. The van der Waals surface area contributed by atoms with Crippen molar-refractivity contribution in [3.63, 3.8) is 0 Å². The number of piperidine rings is 1. The summed E-state index contributed by atoms with van der Waals surface area (Å²) in [6.07, 6.45) is 3.41. The van der Waals surface area contributed by atoms with E-state index in [9.17, 15) is 9.59 Å². The van der Waals surface area contributed by atoms with Crippen molar-refractivity contribution >= 4 is 36.0 Å². The standard InChI is InChI=1S/C15H25N3O2S.ClH/c1-10(16)11-4-7-17(8-5-11)14(20)12-9-21-15(2)6-3-13(19)18(12)15;/h10-12H,3-9,16H2,1-2H3;1H. The number of rotatable bonds is 2. The Kier molecular flexibility index (Phi) is 5.34. The van der Waals surface area contributed by atoms with Crippen LogP contribution in [0, 0.1) is 5.92 Å². The molecule has 3 heterocycles. The second-order valence-corrected chi connectivity index (χ2v) is 8.29. The molecule has 0 radical (unpaired) electrons. The van der Waals surface area contributed by atoms with Gasteiger partial charge in [-0.1, -0.05) is 0 Å². The van der Waals surface area contributed by atoms with Crippen molar-refractivity contribution in [1.82, 2.24) is 9.80 Å². The molecule has 7 heteroatoms. The fraction of sp³-hybridized carbons (Fsp3) is 0.867. The summed E-state index contributed by atoms with van der Waals surface area (Å²) in [5.41, 5.74) is 5.96. The van der Waals surface area contributed by atoms with Crippen LogP contribution in [-0.2, 0) is 9.59 Å². The molecule has 0 aromatic carbocycles. The van der Waals surface area contributed by atoms with Crippen LogP contribution in [0.3, 0.4) is 0 Å². The van der Waals surface area contributed by atoms with E-state index in [2.05, 4.69) is 6.92 Å². The number of amides is 2. The molecule has 3 unspecified atom stereocenters. The summed E-state index contributed by atoms with van der Waals surface area (Å²) in [7, 11) is 0. The van der Waals surface area contributed by atoms with Crippen LogP contribution in [-0.4, -0.2) is 57.4 Å². The monoisotopic (exact) mass is 347 g/mol. The molecule has 0 spiro atoms. The van der Waals surface area contributed by atoms with E-state index in [1.165, 1.54) is 0 Å². The molecule has 3 aliphatic rings. The van der Waals surface area contributed by atoms with E-state index in [4.69, 9.17) is 5.73 Å². The highest BCUT2D eigenvalue weighted by molar-refractivity contribution is 8.01. The predicted octanol–water partition coefficient (Wildman–Crippen LogP) is 1.45. The van der Waals surface area contributed by atoms with E-state index in [0.717, 1.165) is 38.1 Å². The van der Waals surface area contributed by atoms with Crippen molar-refractivity contribution in [3.05, 3.63) is 0 Å². The zero-order valence-electron chi connectivity index (χ0n) is 13.3. The Morgan fingerprint density at radius 3 is 2.64 bits per heavy atom. The van der Waals surface area contributed by atoms with E-state index in [1.807, 2.05) is 16.7 Å². The van der Waals surface area contributed by atoms with Gasteiger partial charge in [0, 0.05) is 31.3 Å². The van der Waals surface area contributed by atoms with Crippen LogP contribution in [0.25, 0.3) is 0 Å². The third-order valence-electron chi connectivity index (χ3n) is 5.32. The van der Waals surface area contributed by atoms with Crippen LogP contribution in [0.4, 0.5) is 0 Å². The highest BCUT2D eigenvalue weighted by Crippen LogP contribution is 2.47. The van der Waals surface area contributed by atoms with Crippen LogP contribution in [0.15, 0.2) is 0 Å². The third kappa shape index (κ3) is 2.97. The normalized spacial score (nSPS) is 33.6. The quantitative estimate of drug-likeness (QED) is 0.821. The number of likely N-dealkylation sites (tertiary alicyclic amines) is 1. The summed E-state index contributed by atoms with van der Waals surface area (Å²) in [6.45, 7) is 5.71. The van der Waals surface area contributed by atoms with E-state index in [-0.39, 0.29) is 41.2 Å². The van der Waals surface area contributed by atoms with Crippen molar-refractivity contribution < 1.29 is 9.59 Å². The smallest absolute Gasteiger partial charge is 0.246 e. The number of nitrogens with two attached hydrogens (primary N) is 1. The van der Waals surface area contributed by atoms with Crippen LogP contribution < -0.4 is 5.73 Å². The molecule has 0 bridgehead atoms. The Morgan fingerprint density at radius 1 is 1.41 bits per heavy atom. The molecule has 0 saturated carbocycles. The first-order valence-electron chi connectivity index (χ1n) is 7.93. The van der Waals surface area contributed by atoms with Gasteiger partial charge in [0.25, 0.3) is 0 Å². The molecule has 22 heavy (non-hydrogen) atoms. The fourth-order valence-corrected chi connectivity index (χ4v) is 5.28. The number of fused-ring (bicyclic) bond motifs is 1. The van der Waals surface area contributed by atoms with Gasteiger partial charge in [-0.2, -0.15) is 0 Å². The molecule has 3 fully saturated rings. The zero-order valence-corrected chi connectivity index (χ0v) is 14.9. The average molecular weight is 348 g/mol. The predicted molar refractivity (Wildman–Crippen MR) is 90.9 cm³/mol. The maximum atomic E-state index is 12.8. The van der Waals surface area contributed by atoms with E-state index >= 15 is 0 Å². The van der Waals surface area contributed by atoms with Crippen molar-refractivity contribution in [2.24, 2.45) is 11.7 Å². The summed E-state index contributed by atoms with van der Waals surface area (Å²) in [6, 6.07) is -0.0467. The van der Waals surface area contributed by atoms with Gasteiger partial charge in [0.15, 0.2) is 0 Å². The van der Waals surface area contributed by atoms with Crippen molar-refractivity contribution in [3.8, 4) is 0 Å². The van der Waals surface area contributed by atoms with Gasteiger partial charge in [-0.15, -0.1) is 24.2 Å². The maximum absolute atomic E-state index is 12.8. The molecule has 2 N–H and O–H groups in total. The second kappa shape index (κ2) is 6.57. The Hall–Kier alpha value is -0.460. The first-order valence-corrected chi connectivity index (χ1v) is 8.91. The topological polar surface area (TPSA) is 66.6 Å². The summed E-state index contributed by atoms with van der Waals surface area (Å²) in [4.78, 5) is 28.6. The molecule has 126 valence electrons. The highest BCUT2D eigenvalue weighted by Gasteiger charge is 2.53. The third-order valence-corrected chi connectivity index (χ3v) is 6.83. The van der Waals surface area contributed by atoms with Gasteiger partial charge in [-0.3, -0.25) is 9.59 Å². The number of hydrogen-bond acceptors (Lipinski definition) is 4. The van der Waals surface area contributed by atoms with Crippen molar-refractivity contribution in [1.29, 1.82) is 0 Å². The molecule has 0 aliphatic carbocycles. The Labute approximate surface area is 142 Å². The van der Waals surface area contributed by atoms with Crippen LogP contribution in [0.5, 0.6) is 0 Å². The summed E-state index contributed by atoms with van der Waals surface area (Å²) >= 11 is 1.76. The maximum Gasteiger partial charge on any atom is 0.246 e. The summed E-state index contributed by atoms with van der Waals surface area (Å²) in [5.74, 6) is 1.55. The molecule has 0 aromatic rings. The Bertz CT molecular complexity index is 454. The molecule has 3 saturated heterocycles. The molecular formula is C15H26ClN3O2S. The molecule has 3 rings (SSSR count). The van der Waals surface area contributed by atoms with Crippen LogP contribution >= 0.6 is 24.2 Å². The van der Waals surface area contributed by atoms with Gasteiger partial charge in [0.1, 0.15) is 6.04 Å². The first-order chi connectivity index (χ1) is 9.92. The fourth-order valence-electron chi connectivity index (χ4n) is 3.86. The lowest BCUT2D eigenvalue weighted by molar-refractivity contribution is -0.144. The lowest BCUT2D eigenvalue weighted by Gasteiger charge is -2.37. The van der Waals surface area contributed by atoms with Crippen LogP contribution in [0.1, 0.15) is 39.5 Å². The minimum Gasteiger partial charge on any atom is -0.341 e. The van der Waals surface area contributed by atoms with E-state index in [1.54, 1.807) is 11.8 Å². The van der Waals surface area contributed by atoms with Gasteiger partial charge in [-0.05, 0) is 39.0 Å². The molecule has 3 atom stereocenters. The minimum absolute atomic E-state index is 0. The Balaban J connectivity index is 0.00000176. The Morgan fingerprint density at radius 2 is 2.05 bits per heavy atom. The van der Waals surface area contributed by atoms with Gasteiger partial charge in [-0.25, -0.2) is 0 Å². The lowest BCUT2D eigenvalue weighted by Crippen LogP contribution is -2.53. The molecule has 3 aliphatic heterocycles. The number of hydrogen-bond donors (Lipinski definition) is 1. The van der Waals surface area contributed by atoms with E-state index < -0.39 is 0 Å². The molecule has 0 aromatic heterocycles. The second-order valence-electron chi connectivity index (χ2n) is 6.79.